The van der Waals surface area contributed by atoms with Gasteiger partial charge in [0.15, 0.2) is 0 Å². The number of thiophene rings is 1. The van der Waals surface area contributed by atoms with Crippen LogP contribution in [0.2, 0.25) is 4.34 Å². The van der Waals surface area contributed by atoms with E-state index in [2.05, 4.69) is 11.4 Å². The number of hydrogen-bond acceptors (Lipinski definition) is 3. The number of hydrogen-bond donors (Lipinski definition) is 1. The Morgan fingerprint density at radius 1 is 1.62 bits per heavy atom. The molecule has 1 aromatic rings. The summed E-state index contributed by atoms with van der Waals surface area (Å²) in [6, 6.07) is 4.50. The van der Waals surface area contributed by atoms with Gasteiger partial charge < -0.3 is 10.1 Å². The second-order valence-corrected chi connectivity index (χ2v) is 5.94. The lowest BCUT2D eigenvalue weighted by Gasteiger charge is -2.16. The summed E-state index contributed by atoms with van der Waals surface area (Å²) in [7, 11) is 2.01. The highest BCUT2D eigenvalue weighted by Gasteiger charge is 2.18. The van der Waals surface area contributed by atoms with Crippen LogP contribution in [0.15, 0.2) is 12.1 Å². The van der Waals surface area contributed by atoms with Crippen LogP contribution in [0.25, 0.3) is 0 Å². The molecule has 2 unspecified atom stereocenters. The Morgan fingerprint density at radius 2 is 2.50 bits per heavy atom. The first-order valence-corrected chi connectivity index (χ1v) is 7.03. The highest BCUT2D eigenvalue weighted by molar-refractivity contribution is 7.16. The molecule has 90 valence electrons. The lowest BCUT2D eigenvalue weighted by Crippen LogP contribution is -2.17. The highest BCUT2D eigenvalue weighted by atomic mass is 35.5. The van der Waals surface area contributed by atoms with Crippen molar-refractivity contribution in [2.45, 2.75) is 37.8 Å². The molecule has 16 heavy (non-hydrogen) atoms. The predicted molar refractivity (Wildman–Crippen MR) is 69.3 cm³/mol. The highest BCUT2D eigenvalue weighted by Crippen LogP contribution is 2.30. The lowest BCUT2D eigenvalue weighted by atomic mass is 10.1. The van der Waals surface area contributed by atoms with Gasteiger partial charge in [-0.1, -0.05) is 11.6 Å². The third-order valence-electron chi connectivity index (χ3n) is 3.09. The number of rotatable bonds is 5. The molecule has 1 fully saturated rings. The zero-order chi connectivity index (χ0) is 11.4. The Balaban J connectivity index is 1.85. The van der Waals surface area contributed by atoms with Crippen LogP contribution in [-0.2, 0) is 4.74 Å². The van der Waals surface area contributed by atoms with Gasteiger partial charge in [-0.15, -0.1) is 11.3 Å². The van der Waals surface area contributed by atoms with Crippen LogP contribution in [0.5, 0.6) is 0 Å². The first kappa shape index (κ1) is 12.4. The minimum absolute atomic E-state index is 0.418. The molecule has 2 heterocycles. The van der Waals surface area contributed by atoms with Crippen molar-refractivity contribution < 1.29 is 4.74 Å². The molecule has 1 aromatic heterocycles. The second-order valence-electron chi connectivity index (χ2n) is 4.20. The van der Waals surface area contributed by atoms with E-state index >= 15 is 0 Å². The first-order chi connectivity index (χ1) is 7.79. The van der Waals surface area contributed by atoms with Crippen molar-refractivity contribution in [3.63, 3.8) is 0 Å². The van der Waals surface area contributed by atoms with Crippen LogP contribution >= 0.6 is 22.9 Å². The molecule has 0 radical (unpaired) electrons. The Labute approximate surface area is 106 Å². The third kappa shape index (κ3) is 3.20. The van der Waals surface area contributed by atoms with E-state index in [9.17, 15) is 0 Å². The van der Waals surface area contributed by atoms with Gasteiger partial charge in [0, 0.05) is 17.5 Å². The van der Waals surface area contributed by atoms with E-state index in [0.29, 0.717) is 12.1 Å². The van der Waals surface area contributed by atoms with Crippen LogP contribution in [0, 0.1) is 0 Å². The fourth-order valence-corrected chi connectivity index (χ4v) is 3.37. The number of halogens is 1. The molecule has 0 aromatic carbocycles. The van der Waals surface area contributed by atoms with Crippen molar-refractivity contribution in [2.75, 3.05) is 13.7 Å². The molecule has 1 aliphatic rings. The van der Waals surface area contributed by atoms with Gasteiger partial charge in [-0.3, -0.25) is 0 Å². The zero-order valence-electron chi connectivity index (χ0n) is 9.54. The van der Waals surface area contributed by atoms with E-state index in [4.69, 9.17) is 16.3 Å². The smallest absolute Gasteiger partial charge is 0.0931 e. The van der Waals surface area contributed by atoms with Gasteiger partial charge in [0.1, 0.15) is 0 Å². The molecular formula is C12H18ClNOS. The van der Waals surface area contributed by atoms with E-state index in [1.54, 1.807) is 11.3 Å². The summed E-state index contributed by atoms with van der Waals surface area (Å²) in [6.07, 6.45) is 5.19. The summed E-state index contributed by atoms with van der Waals surface area (Å²) in [5, 5.41) is 3.35. The fourth-order valence-electron chi connectivity index (χ4n) is 2.17. The molecular weight excluding hydrogens is 242 g/mol. The summed E-state index contributed by atoms with van der Waals surface area (Å²) in [5.41, 5.74) is 0. The average molecular weight is 260 g/mol. The Hall–Kier alpha value is -0.0900. The minimum atomic E-state index is 0.418. The molecule has 1 N–H and O–H groups in total. The Morgan fingerprint density at radius 3 is 3.06 bits per heavy atom. The standard InChI is InChI=1S/C12H18ClNOS/c1-14-10(11-6-7-12(13)16-11)5-4-9-3-2-8-15-9/h6-7,9-10,14H,2-5,8H2,1H3. The average Bonchev–Trinajstić information content (AvgIpc) is 2.91. The van der Waals surface area contributed by atoms with Gasteiger partial charge in [0.2, 0.25) is 0 Å². The number of ether oxygens (including phenoxy) is 1. The quantitative estimate of drug-likeness (QED) is 0.872. The Kier molecular flexibility index (Phi) is 4.65. The maximum absolute atomic E-state index is 5.95. The van der Waals surface area contributed by atoms with E-state index in [-0.39, 0.29) is 0 Å². The molecule has 0 aliphatic carbocycles. The molecule has 0 bridgehead atoms. The zero-order valence-corrected chi connectivity index (χ0v) is 11.1. The molecule has 1 aliphatic heterocycles. The molecule has 2 rings (SSSR count). The molecule has 2 atom stereocenters. The van der Waals surface area contributed by atoms with Crippen LogP contribution in [0.1, 0.15) is 36.6 Å². The molecule has 2 nitrogen and oxygen atoms in total. The van der Waals surface area contributed by atoms with Crippen molar-refractivity contribution >= 4 is 22.9 Å². The van der Waals surface area contributed by atoms with Crippen LogP contribution in [-0.4, -0.2) is 19.8 Å². The minimum Gasteiger partial charge on any atom is -0.378 e. The van der Waals surface area contributed by atoms with Crippen LogP contribution in [0.3, 0.4) is 0 Å². The van der Waals surface area contributed by atoms with Crippen LogP contribution < -0.4 is 5.32 Å². The fraction of sp³-hybridized carbons (Fsp3) is 0.667. The summed E-state index contributed by atoms with van der Waals surface area (Å²) >= 11 is 7.62. The van der Waals surface area contributed by atoms with Crippen molar-refractivity contribution in [1.29, 1.82) is 0 Å². The summed E-state index contributed by atoms with van der Waals surface area (Å²) in [4.78, 5) is 1.32. The molecule has 4 heteroatoms. The van der Waals surface area contributed by atoms with Crippen molar-refractivity contribution in [1.82, 2.24) is 5.32 Å². The first-order valence-electron chi connectivity index (χ1n) is 5.83. The van der Waals surface area contributed by atoms with Gasteiger partial charge in [-0.05, 0) is 44.9 Å². The van der Waals surface area contributed by atoms with E-state index in [0.717, 1.165) is 23.8 Å². The predicted octanol–water partition coefficient (Wildman–Crippen LogP) is 3.62. The molecule has 0 spiro atoms. The maximum Gasteiger partial charge on any atom is 0.0931 e. The summed E-state index contributed by atoms with van der Waals surface area (Å²) in [6.45, 7) is 0.944. The second kappa shape index (κ2) is 6.01. The van der Waals surface area contributed by atoms with Gasteiger partial charge >= 0.3 is 0 Å². The van der Waals surface area contributed by atoms with Gasteiger partial charge in [-0.25, -0.2) is 0 Å². The third-order valence-corrected chi connectivity index (χ3v) is 4.43. The monoisotopic (exact) mass is 259 g/mol. The Bertz CT molecular complexity index is 323. The van der Waals surface area contributed by atoms with Gasteiger partial charge in [0.05, 0.1) is 10.4 Å². The van der Waals surface area contributed by atoms with E-state index in [1.807, 2.05) is 13.1 Å². The van der Waals surface area contributed by atoms with Crippen molar-refractivity contribution in [3.05, 3.63) is 21.3 Å². The van der Waals surface area contributed by atoms with E-state index in [1.165, 1.54) is 17.7 Å². The van der Waals surface area contributed by atoms with Gasteiger partial charge in [0.25, 0.3) is 0 Å². The molecule has 1 saturated heterocycles. The summed E-state index contributed by atoms with van der Waals surface area (Å²) < 4.78 is 6.51. The van der Waals surface area contributed by atoms with Crippen LogP contribution in [0.4, 0.5) is 0 Å². The maximum atomic E-state index is 5.95. The largest absolute Gasteiger partial charge is 0.378 e. The van der Waals surface area contributed by atoms with Crippen molar-refractivity contribution in [2.24, 2.45) is 0 Å². The lowest BCUT2D eigenvalue weighted by molar-refractivity contribution is 0.0999. The topological polar surface area (TPSA) is 21.3 Å². The van der Waals surface area contributed by atoms with Gasteiger partial charge in [-0.2, -0.15) is 0 Å². The molecule has 0 saturated carbocycles. The van der Waals surface area contributed by atoms with Crippen molar-refractivity contribution in [3.8, 4) is 0 Å². The molecule has 0 amide bonds. The number of nitrogens with one attached hydrogen (secondary N) is 1. The summed E-state index contributed by atoms with van der Waals surface area (Å²) in [5.74, 6) is 0. The SMILES string of the molecule is CNC(CCC1CCCO1)c1ccc(Cl)s1. The normalized spacial score (nSPS) is 22.5. The van der Waals surface area contributed by atoms with E-state index < -0.39 is 0 Å².